The minimum absolute atomic E-state index is 0.162. The largest absolute Gasteiger partial charge is 0.444 e. The number of hydrogen-bond donors (Lipinski definition) is 0. The minimum atomic E-state index is -0.411. The molecule has 1 aliphatic heterocycles. The van der Waals surface area contributed by atoms with Crippen LogP contribution in [0.1, 0.15) is 41.0 Å². The number of ether oxygens (including phenoxy) is 1. The Morgan fingerprint density at radius 3 is 2.33 bits per heavy atom. The van der Waals surface area contributed by atoms with Crippen molar-refractivity contribution in [2.45, 2.75) is 52.7 Å². The van der Waals surface area contributed by atoms with Crippen molar-refractivity contribution in [3.05, 3.63) is 11.6 Å². The summed E-state index contributed by atoms with van der Waals surface area (Å²) < 4.78 is 5.34. The highest BCUT2D eigenvalue weighted by atomic mass is 16.6. The van der Waals surface area contributed by atoms with Crippen molar-refractivity contribution in [2.24, 2.45) is 0 Å². The Morgan fingerprint density at radius 2 is 2.00 bits per heavy atom. The highest BCUT2D eigenvalue weighted by Gasteiger charge is 2.29. The zero-order chi connectivity index (χ0) is 14.3. The lowest BCUT2D eigenvalue weighted by atomic mass is 10.2. The third kappa shape index (κ3) is 5.64. The van der Waals surface area contributed by atoms with Crippen molar-refractivity contribution >= 4 is 12.2 Å². The van der Waals surface area contributed by atoms with Gasteiger partial charge in [-0.15, -0.1) is 0 Å². The average molecular weight is 255 g/mol. The van der Waals surface area contributed by atoms with E-state index < -0.39 is 5.60 Å². The van der Waals surface area contributed by atoms with Gasteiger partial charge in [-0.05, 0) is 34.1 Å². The monoisotopic (exact) mass is 255 g/mol. The molecule has 0 bridgehead atoms. The predicted octanol–water partition coefficient (Wildman–Crippen LogP) is 2.38. The van der Waals surface area contributed by atoms with E-state index in [4.69, 9.17) is 14.3 Å². The molecule has 102 valence electrons. The SMILES string of the molecule is CCC1=C[C@@H](C)N(C(=O)OC(C)(C)C)C1.O=C=O. The molecule has 0 aliphatic carbocycles. The molecule has 0 N–H and O–H groups in total. The van der Waals surface area contributed by atoms with E-state index in [0.29, 0.717) is 6.54 Å². The predicted molar refractivity (Wildman–Crippen MR) is 65.8 cm³/mol. The molecule has 1 heterocycles. The average Bonchev–Trinajstić information content (AvgIpc) is 2.58. The first kappa shape index (κ1) is 16.4. The van der Waals surface area contributed by atoms with E-state index in [0.717, 1.165) is 6.42 Å². The minimum Gasteiger partial charge on any atom is -0.444 e. The highest BCUT2D eigenvalue weighted by molar-refractivity contribution is 5.70. The summed E-state index contributed by atoms with van der Waals surface area (Å²) in [6, 6.07) is 0.162. The Balaban J connectivity index is 0.000000873. The van der Waals surface area contributed by atoms with Gasteiger partial charge in [0.1, 0.15) is 5.60 Å². The van der Waals surface area contributed by atoms with E-state index in [1.54, 1.807) is 4.90 Å². The Morgan fingerprint density at radius 1 is 1.50 bits per heavy atom. The number of carbonyl (C=O) groups excluding carboxylic acids is 3. The van der Waals surface area contributed by atoms with Gasteiger partial charge in [-0.1, -0.05) is 18.6 Å². The second-order valence-electron chi connectivity index (χ2n) is 5.11. The molecule has 1 atom stereocenters. The molecule has 5 heteroatoms. The third-order valence-corrected chi connectivity index (χ3v) is 2.42. The van der Waals surface area contributed by atoms with Crippen LogP contribution < -0.4 is 0 Å². The van der Waals surface area contributed by atoms with Crippen LogP contribution in [-0.4, -0.2) is 35.3 Å². The maximum absolute atomic E-state index is 11.8. The summed E-state index contributed by atoms with van der Waals surface area (Å²) in [6.07, 6.45) is 3.18. The molecule has 0 aromatic rings. The second-order valence-corrected chi connectivity index (χ2v) is 5.11. The molecule has 1 rings (SSSR count). The van der Waals surface area contributed by atoms with Crippen LogP contribution >= 0.6 is 0 Å². The first-order valence-corrected chi connectivity index (χ1v) is 5.93. The number of rotatable bonds is 1. The zero-order valence-electron chi connectivity index (χ0n) is 11.6. The van der Waals surface area contributed by atoms with Crippen molar-refractivity contribution in [3.63, 3.8) is 0 Å². The van der Waals surface area contributed by atoms with E-state index >= 15 is 0 Å². The zero-order valence-corrected chi connectivity index (χ0v) is 11.6. The molecule has 5 nitrogen and oxygen atoms in total. The van der Waals surface area contributed by atoms with E-state index in [9.17, 15) is 4.79 Å². The van der Waals surface area contributed by atoms with Gasteiger partial charge in [0.25, 0.3) is 0 Å². The van der Waals surface area contributed by atoms with Crippen molar-refractivity contribution in [1.82, 2.24) is 4.90 Å². The maximum atomic E-state index is 11.8. The maximum Gasteiger partial charge on any atom is 0.411 e. The lowest BCUT2D eigenvalue weighted by Crippen LogP contribution is -2.39. The van der Waals surface area contributed by atoms with Crippen LogP contribution in [0.25, 0.3) is 0 Å². The van der Waals surface area contributed by atoms with Gasteiger partial charge in [-0.25, -0.2) is 4.79 Å². The molecule has 0 spiro atoms. The molecule has 0 radical (unpaired) electrons. The van der Waals surface area contributed by atoms with Gasteiger partial charge in [0.2, 0.25) is 0 Å². The first-order chi connectivity index (χ1) is 8.25. The Kier molecular flexibility index (Phi) is 6.34. The topological polar surface area (TPSA) is 63.7 Å². The molecular formula is C13H21NO4. The highest BCUT2D eigenvalue weighted by Crippen LogP contribution is 2.21. The fraction of sp³-hybridized carbons (Fsp3) is 0.692. The lowest BCUT2D eigenvalue weighted by Gasteiger charge is -2.27. The van der Waals surface area contributed by atoms with Crippen LogP contribution in [0.5, 0.6) is 0 Å². The van der Waals surface area contributed by atoms with E-state index in [1.807, 2.05) is 27.7 Å². The molecule has 1 amide bonds. The van der Waals surface area contributed by atoms with Crippen LogP contribution in [0.3, 0.4) is 0 Å². The van der Waals surface area contributed by atoms with Crippen LogP contribution in [0.15, 0.2) is 11.6 Å². The summed E-state index contributed by atoms with van der Waals surface area (Å²) in [7, 11) is 0. The first-order valence-electron chi connectivity index (χ1n) is 5.93. The fourth-order valence-corrected chi connectivity index (χ4v) is 1.63. The van der Waals surface area contributed by atoms with Crippen molar-refractivity contribution < 1.29 is 19.1 Å². The molecule has 0 saturated carbocycles. The number of amides is 1. The Hall–Kier alpha value is -1.61. The van der Waals surface area contributed by atoms with Gasteiger partial charge in [-0.2, -0.15) is 9.59 Å². The Bertz CT molecular complexity index is 348. The van der Waals surface area contributed by atoms with Crippen molar-refractivity contribution in [2.75, 3.05) is 6.54 Å². The van der Waals surface area contributed by atoms with Crippen LogP contribution in [-0.2, 0) is 14.3 Å². The van der Waals surface area contributed by atoms with Gasteiger partial charge in [-0.3, -0.25) is 4.90 Å². The van der Waals surface area contributed by atoms with Crippen LogP contribution in [0.4, 0.5) is 4.79 Å². The lowest BCUT2D eigenvalue weighted by molar-refractivity contribution is -0.191. The fourth-order valence-electron chi connectivity index (χ4n) is 1.63. The van der Waals surface area contributed by atoms with Gasteiger partial charge in [0, 0.05) is 6.54 Å². The smallest absolute Gasteiger partial charge is 0.411 e. The molecule has 0 fully saturated rings. The summed E-state index contributed by atoms with van der Waals surface area (Å²) in [6.45, 7) is 10.5. The van der Waals surface area contributed by atoms with E-state index in [2.05, 4.69) is 13.0 Å². The standard InChI is InChI=1S/C12H21NO2.CO2/c1-6-10-7-9(2)13(8-10)11(14)15-12(3,4)5;2-1-3/h7,9H,6,8H2,1-5H3;/t9-;/m1./s1. The Labute approximate surface area is 108 Å². The molecule has 18 heavy (non-hydrogen) atoms. The summed E-state index contributed by atoms with van der Waals surface area (Å²) in [5, 5.41) is 0. The third-order valence-electron chi connectivity index (χ3n) is 2.42. The van der Waals surface area contributed by atoms with Crippen LogP contribution in [0.2, 0.25) is 0 Å². The van der Waals surface area contributed by atoms with Crippen molar-refractivity contribution in [3.8, 4) is 0 Å². The van der Waals surface area contributed by atoms with Crippen molar-refractivity contribution in [1.29, 1.82) is 0 Å². The van der Waals surface area contributed by atoms with Gasteiger partial charge < -0.3 is 4.74 Å². The normalized spacial score (nSPS) is 18.4. The number of carbonyl (C=O) groups is 1. The number of hydrogen-bond acceptors (Lipinski definition) is 4. The molecule has 0 unspecified atom stereocenters. The summed E-state index contributed by atoms with van der Waals surface area (Å²) in [5.74, 6) is 0. The summed E-state index contributed by atoms with van der Waals surface area (Å²) in [5.41, 5.74) is 0.902. The number of nitrogens with zero attached hydrogens (tertiary/aromatic N) is 1. The molecule has 0 saturated heterocycles. The molecular weight excluding hydrogens is 234 g/mol. The molecule has 0 aromatic heterocycles. The van der Waals surface area contributed by atoms with E-state index in [-0.39, 0.29) is 18.3 Å². The van der Waals surface area contributed by atoms with Crippen LogP contribution in [0, 0.1) is 0 Å². The summed E-state index contributed by atoms with van der Waals surface area (Å²) >= 11 is 0. The molecule has 0 aromatic carbocycles. The molecule has 1 aliphatic rings. The van der Waals surface area contributed by atoms with Gasteiger partial charge >= 0.3 is 12.2 Å². The quantitative estimate of drug-likeness (QED) is 0.675. The van der Waals surface area contributed by atoms with Gasteiger partial charge in [0.15, 0.2) is 0 Å². The van der Waals surface area contributed by atoms with E-state index in [1.165, 1.54) is 5.57 Å². The van der Waals surface area contributed by atoms with Gasteiger partial charge in [0.05, 0.1) is 6.04 Å². The summed E-state index contributed by atoms with van der Waals surface area (Å²) in [4.78, 5) is 29.8. The second kappa shape index (κ2) is 6.97.